The quantitative estimate of drug-likeness (QED) is 0.756. The number of carbonyl (C=O) groups is 1. The van der Waals surface area contributed by atoms with E-state index in [4.69, 9.17) is 15.1 Å². The van der Waals surface area contributed by atoms with E-state index in [-0.39, 0.29) is 24.5 Å². The average Bonchev–Trinajstić information content (AvgIpc) is 2.25. The molecule has 0 aliphatic rings. The molecule has 5 nitrogen and oxygen atoms in total. The molecule has 1 aromatic rings. The van der Waals surface area contributed by atoms with E-state index in [0.717, 1.165) is 6.07 Å². The highest BCUT2D eigenvalue weighted by molar-refractivity contribution is 5.64. The van der Waals surface area contributed by atoms with Crippen molar-refractivity contribution in [1.29, 1.82) is 5.26 Å². The molecule has 2 N–H and O–H groups in total. The molecule has 0 fully saturated rings. The number of nitrogens with zero attached hydrogens (tertiary/aromatic N) is 1. The summed E-state index contributed by atoms with van der Waals surface area (Å²) in [6.45, 7) is 0.171. The molecule has 0 saturated heterocycles. The Balaban J connectivity index is 2.54. The second kappa shape index (κ2) is 5.56. The van der Waals surface area contributed by atoms with Gasteiger partial charge in [-0.05, 0) is 18.2 Å². The second-order valence-electron chi connectivity index (χ2n) is 2.83. The van der Waals surface area contributed by atoms with Gasteiger partial charge in [-0.1, -0.05) is 0 Å². The Morgan fingerprint density at radius 1 is 1.62 bits per heavy atom. The Morgan fingerprint density at radius 3 is 3.00 bits per heavy atom. The van der Waals surface area contributed by atoms with E-state index in [0.29, 0.717) is 0 Å². The van der Waals surface area contributed by atoms with Gasteiger partial charge in [-0.25, -0.2) is 9.18 Å². The van der Waals surface area contributed by atoms with Crippen LogP contribution in [0.3, 0.4) is 0 Å². The Bertz CT molecular complexity index is 429. The fourth-order valence-corrected chi connectivity index (χ4v) is 1.03. The number of hydrogen-bond acceptors (Lipinski definition) is 3. The zero-order chi connectivity index (χ0) is 12.0. The summed E-state index contributed by atoms with van der Waals surface area (Å²) in [4.78, 5) is 10.1. The maximum atomic E-state index is 12.7. The lowest BCUT2D eigenvalue weighted by Gasteiger charge is -2.07. The van der Waals surface area contributed by atoms with Crippen LogP contribution in [0, 0.1) is 17.1 Å². The number of carboxylic acid groups (broad SMARTS) is 1. The van der Waals surface area contributed by atoms with Crippen molar-refractivity contribution in [2.75, 3.05) is 13.2 Å². The minimum Gasteiger partial charge on any atom is -0.490 e. The molecule has 0 saturated carbocycles. The first kappa shape index (κ1) is 11.8. The van der Waals surface area contributed by atoms with E-state index in [1.807, 2.05) is 0 Å². The third-order valence-electron chi connectivity index (χ3n) is 1.70. The molecular formula is C10H9FN2O3. The lowest BCUT2D eigenvalue weighted by molar-refractivity contribution is 0.191. The predicted octanol–water partition coefficient (Wildman–Crippen LogP) is 1.34. The zero-order valence-corrected chi connectivity index (χ0v) is 8.24. The van der Waals surface area contributed by atoms with Gasteiger partial charge in [0.15, 0.2) is 0 Å². The molecule has 1 rings (SSSR count). The number of ether oxygens (including phenoxy) is 1. The van der Waals surface area contributed by atoms with E-state index in [1.54, 1.807) is 6.07 Å². The van der Waals surface area contributed by atoms with E-state index in [9.17, 15) is 9.18 Å². The van der Waals surface area contributed by atoms with E-state index < -0.39 is 11.9 Å². The van der Waals surface area contributed by atoms with Crippen molar-refractivity contribution in [3.63, 3.8) is 0 Å². The Labute approximate surface area is 91.1 Å². The van der Waals surface area contributed by atoms with Crippen LogP contribution in [0.25, 0.3) is 0 Å². The SMILES string of the molecule is N#Cc1cc(F)ccc1OCCNC(=O)O. The molecule has 0 aliphatic carbocycles. The molecule has 0 heterocycles. The molecular weight excluding hydrogens is 215 g/mol. The molecule has 0 atom stereocenters. The van der Waals surface area contributed by atoms with Gasteiger partial charge in [0.25, 0.3) is 0 Å². The molecule has 1 aromatic carbocycles. The first-order valence-electron chi connectivity index (χ1n) is 4.42. The van der Waals surface area contributed by atoms with Gasteiger partial charge in [0.2, 0.25) is 0 Å². The summed E-state index contributed by atoms with van der Waals surface area (Å²) in [6.07, 6.45) is -1.15. The highest BCUT2D eigenvalue weighted by atomic mass is 19.1. The number of nitriles is 1. The van der Waals surface area contributed by atoms with Gasteiger partial charge < -0.3 is 15.2 Å². The van der Waals surface area contributed by atoms with Crippen LogP contribution in [0.2, 0.25) is 0 Å². The topological polar surface area (TPSA) is 82.3 Å². The van der Waals surface area contributed by atoms with Crippen molar-refractivity contribution in [3.8, 4) is 11.8 Å². The van der Waals surface area contributed by atoms with Crippen LogP contribution in [0.5, 0.6) is 5.75 Å². The van der Waals surface area contributed by atoms with Crippen molar-refractivity contribution in [1.82, 2.24) is 5.32 Å². The first-order chi connectivity index (χ1) is 7.63. The normalized spacial score (nSPS) is 9.25. The lowest BCUT2D eigenvalue weighted by atomic mass is 10.2. The second-order valence-corrected chi connectivity index (χ2v) is 2.83. The van der Waals surface area contributed by atoms with Crippen LogP contribution >= 0.6 is 0 Å². The molecule has 0 unspecified atom stereocenters. The van der Waals surface area contributed by atoms with Crippen molar-refractivity contribution >= 4 is 6.09 Å². The van der Waals surface area contributed by atoms with E-state index in [1.165, 1.54) is 12.1 Å². The molecule has 0 bridgehead atoms. The van der Waals surface area contributed by atoms with Crippen molar-refractivity contribution < 1.29 is 19.0 Å². The van der Waals surface area contributed by atoms with Crippen LogP contribution in [0.4, 0.5) is 9.18 Å². The molecule has 84 valence electrons. The molecule has 6 heteroatoms. The van der Waals surface area contributed by atoms with E-state index >= 15 is 0 Å². The fraction of sp³-hybridized carbons (Fsp3) is 0.200. The van der Waals surface area contributed by atoms with Gasteiger partial charge in [0.1, 0.15) is 24.2 Å². The van der Waals surface area contributed by atoms with Crippen molar-refractivity contribution in [2.24, 2.45) is 0 Å². The summed E-state index contributed by atoms with van der Waals surface area (Å²) in [6, 6.07) is 5.34. The fourth-order valence-electron chi connectivity index (χ4n) is 1.03. The van der Waals surface area contributed by atoms with Crippen LogP contribution in [-0.4, -0.2) is 24.4 Å². The highest BCUT2D eigenvalue weighted by Gasteiger charge is 2.04. The van der Waals surface area contributed by atoms with Gasteiger partial charge in [0, 0.05) is 0 Å². The summed E-state index contributed by atoms with van der Waals surface area (Å²) < 4.78 is 17.9. The number of nitrogens with one attached hydrogen (secondary N) is 1. The molecule has 1 amide bonds. The largest absolute Gasteiger partial charge is 0.490 e. The molecule has 16 heavy (non-hydrogen) atoms. The van der Waals surface area contributed by atoms with Crippen molar-refractivity contribution in [3.05, 3.63) is 29.6 Å². The van der Waals surface area contributed by atoms with Gasteiger partial charge in [-0.3, -0.25) is 0 Å². The van der Waals surface area contributed by atoms with Gasteiger partial charge in [-0.2, -0.15) is 5.26 Å². The van der Waals surface area contributed by atoms with E-state index in [2.05, 4.69) is 5.32 Å². The van der Waals surface area contributed by atoms with Crippen molar-refractivity contribution in [2.45, 2.75) is 0 Å². The predicted molar refractivity (Wildman–Crippen MR) is 52.6 cm³/mol. The van der Waals surface area contributed by atoms with Crippen LogP contribution < -0.4 is 10.1 Å². The van der Waals surface area contributed by atoms with Crippen LogP contribution in [-0.2, 0) is 0 Å². The third-order valence-corrected chi connectivity index (χ3v) is 1.70. The van der Waals surface area contributed by atoms with Gasteiger partial charge in [-0.15, -0.1) is 0 Å². The number of hydrogen-bond donors (Lipinski definition) is 2. The molecule has 0 aromatic heterocycles. The maximum absolute atomic E-state index is 12.7. The molecule has 0 spiro atoms. The standard InChI is InChI=1S/C10H9FN2O3/c11-8-1-2-9(7(5-8)6-12)16-4-3-13-10(14)15/h1-2,5,13H,3-4H2,(H,14,15). The first-order valence-corrected chi connectivity index (χ1v) is 4.42. The Morgan fingerprint density at radius 2 is 2.38 bits per heavy atom. The molecule has 0 radical (unpaired) electrons. The number of rotatable bonds is 4. The van der Waals surface area contributed by atoms with Gasteiger partial charge >= 0.3 is 6.09 Å². The lowest BCUT2D eigenvalue weighted by Crippen LogP contribution is -2.26. The average molecular weight is 224 g/mol. The summed E-state index contributed by atoms with van der Waals surface area (Å²) in [7, 11) is 0. The third kappa shape index (κ3) is 3.46. The summed E-state index contributed by atoms with van der Waals surface area (Å²) in [5.41, 5.74) is 0.0790. The molecule has 0 aliphatic heterocycles. The number of halogens is 1. The zero-order valence-electron chi connectivity index (χ0n) is 8.24. The summed E-state index contributed by atoms with van der Waals surface area (Å²) in [5, 5.41) is 19.1. The number of amides is 1. The summed E-state index contributed by atoms with van der Waals surface area (Å²) in [5.74, 6) is -0.288. The maximum Gasteiger partial charge on any atom is 0.404 e. The monoisotopic (exact) mass is 224 g/mol. The Hall–Kier alpha value is -2.29. The van der Waals surface area contributed by atoms with Gasteiger partial charge in [0.05, 0.1) is 12.1 Å². The Kier molecular flexibility index (Phi) is 4.09. The highest BCUT2D eigenvalue weighted by Crippen LogP contribution is 2.18. The van der Waals surface area contributed by atoms with Crippen LogP contribution in [0.1, 0.15) is 5.56 Å². The summed E-state index contributed by atoms with van der Waals surface area (Å²) >= 11 is 0. The minimum atomic E-state index is -1.15. The minimum absolute atomic E-state index is 0.0760. The smallest absolute Gasteiger partial charge is 0.404 e. The van der Waals surface area contributed by atoms with Crippen LogP contribution in [0.15, 0.2) is 18.2 Å². The number of benzene rings is 1.